The zero-order chi connectivity index (χ0) is 13.7. The zero-order valence-corrected chi connectivity index (χ0v) is 12.3. The molecule has 0 radical (unpaired) electrons. The fourth-order valence-electron chi connectivity index (χ4n) is 1.73. The molecule has 1 amide bonds. The Bertz CT molecular complexity index is 172. The van der Waals surface area contributed by atoms with Gasteiger partial charge in [-0.15, -0.1) is 0 Å². The van der Waals surface area contributed by atoms with E-state index in [0.29, 0.717) is 0 Å². The Hall–Kier alpha value is -0.570. The Morgan fingerprint density at radius 2 is 1.82 bits per heavy atom. The lowest BCUT2D eigenvalue weighted by Gasteiger charge is -2.26. The number of rotatable bonds is 3. The third-order valence-corrected chi connectivity index (χ3v) is 2.35. The lowest BCUT2D eigenvalue weighted by Crippen LogP contribution is -2.27. The third kappa shape index (κ3) is 13.4. The summed E-state index contributed by atoms with van der Waals surface area (Å²) in [5.41, 5.74) is 4.98. The SMILES string of the molecule is CC.CCC.C[C@@H]1CCC[C@H](OCC(N)=O)C1. The van der Waals surface area contributed by atoms with Crippen molar-refractivity contribution >= 4 is 5.91 Å². The van der Waals surface area contributed by atoms with E-state index in [-0.39, 0.29) is 18.6 Å². The first-order chi connectivity index (χ1) is 8.10. The number of amides is 1. The third-order valence-electron chi connectivity index (χ3n) is 2.35. The summed E-state index contributed by atoms with van der Waals surface area (Å²) in [7, 11) is 0. The highest BCUT2D eigenvalue weighted by Crippen LogP contribution is 2.25. The molecule has 0 spiro atoms. The summed E-state index contributed by atoms with van der Waals surface area (Å²) >= 11 is 0. The van der Waals surface area contributed by atoms with Gasteiger partial charge in [0, 0.05) is 0 Å². The first-order valence-electron chi connectivity index (χ1n) is 7.00. The molecule has 0 heterocycles. The predicted molar refractivity (Wildman–Crippen MR) is 73.9 cm³/mol. The highest BCUT2D eigenvalue weighted by Gasteiger charge is 2.19. The van der Waals surface area contributed by atoms with Crippen molar-refractivity contribution in [2.24, 2.45) is 11.7 Å². The Morgan fingerprint density at radius 3 is 2.24 bits per heavy atom. The molecule has 1 saturated carbocycles. The quantitative estimate of drug-likeness (QED) is 0.827. The summed E-state index contributed by atoms with van der Waals surface area (Å²) in [4.78, 5) is 10.4. The van der Waals surface area contributed by atoms with E-state index in [1.807, 2.05) is 13.8 Å². The number of ether oxygens (including phenoxy) is 1. The highest BCUT2D eigenvalue weighted by molar-refractivity contribution is 5.74. The molecule has 3 nitrogen and oxygen atoms in total. The van der Waals surface area contributed by atoms with Gasteiger partial charge in [0.1, 0.15) is 6.61 Å². The minimum absolute atomic E-state index is 0.0807. The Kier molecular flexibility index (Phi) is 14.9. The maximum Gasteiger partial charge on any atom is 0.243 e. The van der Waals surface area contributed by atoms with E-state index >= 15 is 0 Å². The Labute approximate surface area is 107 Å². The van der Waals surface area contributed by atoms with Crippen LogP contribution in [0.4, 0.5) is 0 Å². The molecule has 2 N–H and O–H groups in total. The smallest absolute Gasteiger partial charge is 0.243 e. The van der Waals surface area contributed by atoms with Crippen molar-refractivity contribution in [2.45, 2.75) is 72.8 Å². The van der Waals surface area contributed by atoms with Crippen LogP contribution in [0.15, 0.2) is 0 Å². The number of carbonyl (C=O) groups excluding carboxylic acids is 1. The van der Waals surface area contributed by atoms with Gasteiger partial charge in [-0.2, -0.15) is 0 Å². The van der Waals surface area contributed by atoms with Crippen molar-refractivity contribution in [1.82, 2.24) is 0 Å². The molecule has 104 valence electrons. The molecule has 0 aromatic heterocycles. The van der Waals surface area contributed by atoms with Gasteiger partial charge in [-0.3, -0.25) is 4.79 Å². The highest BCUT2D eigenvalue weighted by atomic mass is 16.5. The summed E-state index contributed by atoms with van der Waals surface area (Å²) in [5, 5.41) is 0. The van der Waals surface area contributed by atoms with Crippen molar-refractivity contribution in [3.8, 4) is 0 Å². The van der Waals surface area contributed by atoms with Crippen LogP contribution in [0.2, 0.25) is 0 Å². The molecule has 17 heavy (non-hydrogen) atoms. The summed E-state index contributed by atoms with van der Waals surface area (Å²) < 4.78 is 5.34. The molecule has 1 aliphatic rings. The first kappa shape index (κ1) is 18.8. The van der Waals surface area contributed by atoms with Gasteiger partial charge in [-0.25, -0.2) is 0 Å². The van der Waals surface area contributed by atoms with Crippen LogP contribution in [0.25, 0.3) is 0 Å². The zero-order valence-electron chi connectivity index (χ0n) is 12.3. The second kappa shape index (κ2) is 13.5. The molecule has 1 aliphatic carbocycles. The summed E-state index contributed by atoms with van der Waals surface area (Å²) in [5.74, 6) is 0.366. The number of primary amides is 1. The van der Waals surface area contributed by atoms with Crippen LogP contribution in [0.1, 0.15) is 66.7 Å². The molecule has 2 atom stereocenters. The van der Waals surface area contributed by atoms with E-state index in [1.165, 1.54) is 19.3 Å². The van der Waals surface area contributed by atoms with E-state index in [1.54, 1.807) is 0 Å². The van der Waals surface area contributed by atoms with Crippen LogP contribution >= 0.6 is 0 Å². The van der Waals surface area contributed by atoms with Crippen LogP contribution < -0.4 is 5.73 Å². The topological polar surface area (TPSA) is 52.3 Å². The van der Waals surface area contributed by atoms with E-state index < -0.39 is 0 Å². The molecule has 0 aliphatic heterocycles. The molecule has 0 bridgehead atoms. The van der Waals surface area contributed by atoms with Crippen LogP contribution in [-0.2, 0) is 9.53 Å². The van der Waals surface area contributed by atoms with Gasteiger partial charge in [-0.1, -0.05) is 53.9 Å². The number of hydrogen-bond acceptors (Lipinski definition) is 2. The van der Waals surface area contributed by atoms with Crippen LogP contribution in [0.3, 0.4) is 0 Å². The molecule has 0 aromatic carbocycles. The van der Waals surface area contributed by atoms with Crippen LogP contribution in [0, 0.1) is 5.92 Å². The predicted octanol–water partition coefficient (Wildman–Crippen LogP) is 3.51. The normalized spacial score (nSPS) is 22.6. The van der Waals surface area contributed by atoms with Gasteiger partial charge < -0.3 is 10.5 Å². The van der Waals surface area contributed by atoms with Gasteiger partial charge in [0.2, 0.25) is 5.91 Å². The van der Waals surface area contributed by atoms with Crippen molar-refractivity contribution in [2.75, 3.05) is 6.61 Å². The van der Waals surface area contributed by atoms with E-state index in [9.17, 15) is 4.79 Å². The van der Waals surface area contributed by atoms with E-state index in [2.05, 4.69) is 20.8 Å². The first-order valence-corrected chi connectivity index (χ1v) is 7.00. The van der Waals surface area contributed by atoms with Gasteiger partial charge in [0.15, 0.2) is 0 Å². The molecule has 1 fully saturated rings. The molecule has 3 heteroatoms. The molecule has 0 aromatic rings. The summed E-state index contributed by atoms with van der Waals surface area (Å²) in [6.07, 6.45) is 6.17. The van der Waals surface area contributed by atoms with Crippen molar-refractivity contribution < 1.29 is 9.53 Å². The molecular weight excluding hydrogens is 214 g/mol. The lowest BCUT2D eigenvalue weighted by molar-refractivity contribution is -0.125. The number of hydrogen-bond donors (Lipinski definition) is 1. The second-order valence-electron chi connectivity index (χ2n) is 4.38. The Morgan fingerprint density at radius 1 is 1.29 bits per heavy atom. The van der Waals surface area contributed by atoms with Crippen molar-refractivity contribution in [1.29, 1.82) is 0 Å². The Balaban J connectivity index is 0. The van der Waals surface area contributed by atoms with Gasteiger partial charge in [-0.05, 0) is 18.8 Å². The minimum Gasteiger partial charge on any atom is -0.368 e. The van der Waals surface area contributed by atoms with Gasteiger partial charge in [0.05, 0.1) is 6.10 Å². The number of carbonyl (C=O) groups is 1. The second-order valence-corrected chi connectivity index (χ2v) is 4.38. The average molecular weight is 245 g/mol. The summed E-state index contributed by atoms with van der Waals surface area (Å²) in [6, 6.07) is 0. The molecule has 0 unspecified atom stereocenters. The van der Waals surface area contributed by atoms with E-state index in [0.717, 1.165) is 18.8 Å². The van der Waals surface area contributed by atoms with Crippen LogP contribution in [-0.4, -0.2) is 18.6 Å². The van der Waals surface area contributed by atoms with Crippen LogP contribution in [0.5, 0.6) is 0 Å². The number of nitrogens with two attached hydrogens (primary N) is 1. The maximum atomic E-state index is 10.4. The van der Waals surface area contributed by atoms with Gasteiger partial charge in [0.25, 0.3) is 0 Å². The van der Waals surface area contributed by atoms with Gasteiger partial charge >= 0.3 is 0 Å². The van der Waals surface area contributed by atoms with Crippen molar-refractivity contribution in [3.05, 3.63) is 0 Å². The summed E-state index contributed by atoms with van der Waals surface area (Å²) in [6.45, 7) is 10.6. The standard InChI is InChI=1S/C9H17NO2.C3H8.C2H6/c1-7-3-2-4-8(5-7)12-6-9(10)11;1-3-2;1-2/h7-8H,2-6H2,1H3,(H2,10,11);3H2,1-2H3;1-2H3/t7-,8+;;/m1../s1. The molecule has 1 rings (SSSR count). The fourth-order valence-corrected chi connectivity index (χ4v) is 1.73. The average Bonchev–Trinajstić information content (AvgIpc) is 2.30. The maximum absolute atomic E-state index is 10.4. The van der Waals surface area contributed by atoms with E-state index in [4.69, 9.17) is 10.5 Å². The largest absolute Gasteiger partial charge is 0.368 e. The lowest BCUT2D eigenvalue weighted by atomic mass is 9.89. The monoisotopic (exact) mass is 245 g/mol. The molecular formula is C14H31NO2. The molecule has 0 saturated heterocycles. The fraction of sp³-hybridized carbons (Fsp3) is 0.929. The van der Waals surface area contributed by atoms with Crippen molar-refractivity contribution in [3.63, 3.8) is 0 Å². The minimum atomic E-state index is -0.367.